The van der Waals surface area contributed by atoms with Gasteiger partial charge >= 0.3 is 0 Å². The van der Waals surface area contributed by atoms with Gasteiger partial charge in [-0.2, -0.15) is 10.4 Å². The van der Waals surface area contributed by atoms with Crippen LogP contribution in [0.3, 0.4) is 0 Å². The van der Waals surface area contributed by atoms with Crippen LogP contribution in [-0.2, 0) is 11.3 Å². The number of aryl methyl sites for hydroxylation is 1. The molecule has 0 saturated heterocycles. The maximum absolute atomic E-state index is 10.8. The number of nitrogens with one attached hydrogen (secondary N) is 1. The Morgan fingerprint density at radius 2 is 2.28 bits per heavy atom. The van der Waals surface area contributed by atoms with Gasteiger partial charge in [0.15, 0.2) is 5.82 Å². The summed E-state index contributed by atoms with van der Waals surface area (Å²) < 4.78 is 5.08. The van der Waals surface area contributed by atoms with Crippen molar-refractivity contribution in [3.05, 3.63) is 61.8 Å². The number of hydrogen-bond acceptors (Lipinski definition) is 7. The molecular formula is C16H14ClN5O3. The van der Waals surface area contributed by atoms with E-state index in [4.69, 9.17) is 16.3 Å². The summed E-state index contributed by atoms with van der Waals surface area (Å²) in [5.74, 6) is 0.271. The predicted molar refractivity (Wildman–Crippen MR) is 93.7 cm³/mol. The molecular weight excluding hydrogens is 346 g/mol. The Morgan fingerprint density at radius 1 is 1.52 bits per heavy atom. The van der Waals surface area contributed by atoms with E-state index in [0.29, 0.717) is 27.4 Å². The number of halogens is 1. The molecule has 1 aromatic heterocycles. The van der Waals surface area contributed by atoms with Crippen LogP contribution in [0.25, 0.3) is 0 Å². The number of nitro benzene ring substituents is 1. The maximum Gasteiger partial charge on any atom is 0.270 e. The van der Waals surface area contributed by atoms with Crippen LogP contribution >= 0.6 is 11.6 Å². The van der Waals surface area contributed by atoms with Gasteiger partial charge in [0.1, 0.15) is 11.6 Å². The zero-order chi connectivity index (χ0) is 18.4. The molecule has 0 bridgehead atoms. The molecule has 0 amide bonds. The van der Waals surface area contributed by atoms with Gasteiger partial charge in [-0.15, -0.1) is 0 Å². The highest BCUT2D eigenvalue weighted by molar-refractivity contribution is 6.33. The molecule has 0 radical (unpaired) electrons. The minimum absolute atomic E-state index is 0.0976. The highest BCUT2D eigenvalue weighted by Crippen LogP contribution is 2.22. The number of nitro groups is 1. The van der Waals surface area contributed by atoms with Crippen molar-refractivity contribution in [1.29, 1.82) is 5.26 Å². The molecule has 25 heavy (non-hydrogen) atoms. The number of pyridine rings is 1. The van der Waals surface area contributed by atoms with Gasteiger partial charge in [-0.1, -0.05) is 11.6 Å². The lowest BCUT2D eigenvalue weighted by Crippen LogP contribution is -2.03. The maximum atomic E-state index is 10.8. The molecule has 2 rings (SSSR count). The summed E-state index contributed by atoms with van der Waals surface area (Å²) in [6.45, 7) is 2.05. The molecule has 0 aliphatic rings. The molecule has 0 fully saturated rings. The molecule has 2 aromatic rings. The van der Waals surface area contributed by atoms with Gasteiger partial charge in [-0.05, 0) is 19.1 Å². The normalized spacial score (nSPS) is 10.6. The smallest absolute Gasteiger partial charge is 0.270 e. The van der Waals surface area contributed by atoms with E-state index in [0.717, 1.165) is 0 Å². The number of methoxy groups -OCH3 is 1. The molecule has 1 aromatic carbocycles. The van der Waals surface area contributed by atoms with Crippen molar-refractivity contribution in [1.82, 2.24) is 4.98 Å². The standard InChI is InChI=1S/C16H14ClN5O3/c1-10-5-12(9-25-2)14(7-18)16(20-10)21-19-8-11-6-13(22(23)24)3-4-15(11)17/h3-6,8H,9H2,1-2H3,(H,20,21). The van der Waals surface area contributed by atoms with Gasteiger partial charge in [-0.3, -0.25) is 15.5 Å². The zero-order valence-corrected chi connectivity index (χ0v) is 14.2. The number of hydrogen-bond donors (Lipinski definition) is 1. The number of ether oxygens (including phenoxy) is 1. The summed E-state index contributed by atoms with van der Waals surface area (Å²) in [7, 11) is 1.53. The quantitative estimate of drug-likeness (QED) is 0.480. The molecule has 128 valence electrons. The second-order valence-corrected chi connectivity index (χ2v) is 5.43. The second kappa shape index (κ2) is 8.19. The third-order valence-corrected chi connectivity index (χ3v) is 3.55. The summed E-state index contributed by atoms with van der Waals surface area (Å²) in [6, 6.07) is 7.85. The van der Waals surface area contributed by atoms with Gasteiger partial charge in [-0.25, -0.2) is 4.98 Å². The molecule has 1 heterocycles. The number of non-ortho nitro benzene ring substituents is 1. The Morgan fingerprint density at radius 3 is 2.92 bits per heavy atom. The van der Waals surface area contributed by atoms with E-state index in [9.17, 15) is 15.4 Å². The average molecular weight is 360 g/mol. The SMILES string of the molecule is COCc1cc(C)nc(NN=Cc2cc([N+](=O)[O-])ccc2Cl)c1C#N. The molecule has 0 aliphatic heterocycles. The van der Waals surface area contributed by atoms with Crippen LogP contribution < -0.4 is 5.43 Å². The first-order chi connectivity index (χ1) is 12.0. The van der Waals surface area contributed by atoms with Gasteiger partial charge in [0.05, 0.1) is 17.7 Å². The summed E-state index contributed by atoms with van der Waals surface area (Å²) in [5, 5.41) is 24.5. The fourth-order valence-corrected chi connectivity index (χ4v) is 2.29. The van der Waals surface area contributed by atoms with Crippen molar-refractivity contribution in [3.8, 4) is 6.07 Å². The highest BCUT2D eigenvalue weighted by Gasteiger charge is 2.11. The molecule has 9 heteroatoms. The lowest BCUT2D eigenvalue weighted by Gasteiger charge is -2.09. The monoisotopic (exact) mass is 359 g/mol. The number of nitrogens with zero attached hydrogens (tertiary/aromatic N) is 4. The van der Waals surface area contributed by atoms with E-state index >= 15 is 0 Å². The number of rotatable bonds is 6. The van der Waals surface area contributed by atoms with Crippen molar-refractivity contribution < 1.29 is 9.66 Å². The number of benzene rings is 1. The Hall–Kier alpha value is -3.02. The van der Waals surface area contributed by atoms with E-state index in [2.05, 4.69) is 21.6 Å². The lowest BCUT2D eigenvalue weighted by atomic mass is 10.1. The van der Waals surface area contributed by atoms with Crippen LogP contribution in [0.4, 0.5) is 11.5 Å². The van der Waals surface area contributed by atoms with Gasteiger partial charge in [0.2, 0.25) is 0 Å². The first-order valence-corrected chi connectivity index (χ1v) is 7.46. The summed E-state index contributed by atoms with van der Waals surface area (Å²) in [4.78, 5) is 14.5. The summed E-state index contributed by atoms with van der Waals surface area (Å²) in [6.07, 6.45) is 1.33. The van der Waals surface area contributed by atoms with E-state index in [-0.39, 0.29) is 18.1 Å². The van der Waals surface area contributed by atoms with E-state index in [1.54, 1.807) is 13.0 Å². The first kappa shape index (κ1) is 18.3. The van der Waals surface area contributed by atoms with Gasteiger partial charge < -0.3 is 4.74 Å². The van der Waals surface area contributed by atoms with Crippen molar-refractivity contribution in [3.63, 3.8) is 0 Å². The topological polar surface area (TPSA) is 113 Å². The highest BCUT2D eigenvalue weighted by atomic mass is 35.5. The fourth-order valence-electron chi connectivity index (χ4n) is 2.12. The third kappa shape index (κ3) is 4.50. The van der Waals surface area contributed by atoms with Crippen LogP contribution in [0.5, 0.6) is 0 Å². The number of hydrazone groups is 1. The van der Waals surface area contributed by atoms with E-state index < -0.39 is 4.92 Å². The minimum atomic E-state index is -0.520. The summed E-state index contributed by atoms with van der Waals surface area (Å²) >= 11 is 6.01. The van der Waals surface area contributed by atoms with Crippen LogP contribution in [0.15, 0.2) is 29.4 Å². The molecule has 0 spiro atoms. The summed E-state index contributed by atoms with van der Waals surface area (Å²) in [5.41, 5.74) is 4.64. The molecule has 1 N–H and O–H groups in total. The molecule has 0 unspecified atom stereocenters. The first-order valence-electron chi connectivity index (χ1n) is 7.08. The third-order valence-electron chi connectivity index (χ3n) is 3.21. The van der Waals surface area contributed by atoms with Gasteiger partial charge in [0.25, 0.3) is 5.69 Å². The predicted octanol–water partition coefficient (Wildman–Crippen LogP) is 3.42. The van der Waals surface area contributed by atoms with Gasteiger partial charge in [0, 0.05) is 41.1 Å². The Bertz CT molecular complexity index is 877. The van der Waals surface area contributed by atoms with Crippen LogP contribution in [0.1, 0.15) is 22.4 Å². The molecule has 0 saturated carbocycles. The molecule has 0 atom stereocenters. The average Bonchev–Trinajstić information content (AvgIpc) is 2.56. The van der Waals surface area contributed by atoms with Crippen molar-refractivity contribution in [2.24, 2.45) is 5.10 Å². The van der Waals surface area contributed by atoms with Crippen LogP contribution in [0, 0.1) is 28.4 Å². The van der Waals surface area contributed by atoms with E-state index in [1.807, 2.05) is 0 Å². The van der Waals surface area contributed by atoms with E-state index in [1.165, 1.54) is 31.5 Å². The largest absolute Gasteiger partial charge is 0.380 e. The number of nitriles is 1. The fraction of sp³-hybridized carbons (Fsp3) is 0.188. The number of anilines is 1. The van der Waals surface area contributed by atoms with Crippen molar-refractivity contribution in [2.75, 3.05) is 12.5 Å². The number of aromatic nitrogens is 1. The Labute approximate surface area is 148 Å². The zero-order valence-electron chi connectivity index (χ0n) is 13.5. The van der Waals surface area contributed by atoms with Crippen molar-refractivity contribution in [2.45, 2.75) is 13.5 Å². The second-order valence-electron chi connectivity index (χ2n) is 5.02. The lowest BCUT2D eigenvalue weighted by molar-refractivity contribution is -0.384. The molecule has 0 aliphatic carbocycles. The molecule has 8 nitrogen and oxygen atoms in total. The Balaban J connectivity index is 2.30. The minimum Gasteiger partial charge on any atom is -0.380 e. The Kier molecular flexibility index (Phi) is 6.00. The van der Waals surface area contributed by atoms with Crippen LogP contribution in [-0.4, -0.2) is 23.2 Å². The van der Waals surface area contributed by atoms with Crippen LogP contribution in [0.2, 0.25) is 5.02 Å². The van der Waals surface area contributed by atoms with Crippen molar-refractivity contribution >= 4 is 29.3 Å².